The van der Waals surface area contributed by atoms with E-state index in [1.165, 1.54) is 0 Å². The molecular formula is C14H22N2O2. The Morgan fingerprint density at radius 3 is 3.00 bits per heavy atom. The van der Waals surface area contributed by atoms with Crippen molar-refractivity contribution in [2.45, 2.75) is 39.9 Å². The Kier molecular flexibility index (Phi) is 4.19. The first kappa shape index (κ1) is 13.3. The monoisotopic (exact) mass is 250 g/mol. The van der Waals surface area contributed by atoms with E-state index in [2.05, 4.69) is 16.8 Å². The summed E-state index contributed by atoms with van der Waals surface area (Å²) < 4.78 is 5.66. The van der Waals surface area contributed by atoms with Crippen LogP contribution in [0.15, 0.2) is 6.07 Å². The smallest absolute Gasteiger partial charge is 0.134 e. The van der Waals surface area contributed by atoms with Gasteiger partial charge in [0.15, 0.2) is 0 Å². The molecule has 2 heterocycles. The van der Waals surface area contributed by atoms with Gasteiger partial charge in [-0.05, 0) is 38.8 Å². The molecule has 1 aromatic rings. The summed E-state index contributed by atoms with van der Waals surface area (Å²) in [5, 5.41) is 9.56. The van der Waals surface area contributed by atoms with Gasteiger partial charge in [-0.3, -0.25) is 0 Å². The molecule has 2 rings (SSSR count). The summed E-state index contributed by atoms with van der Waals surface area (Å²) in [4.78, 5) is 6.85. The SMILES string of the molecule is Cc1cc(C)c(CO)c(N2CCCOC(C)C2)n1. The Bertz CT molecular complexity index is 421. The summed E-state index contributed by atoms with van der Waals surface area (Å²) in [5.74, 6) is 0.923. The van der Waals surface area contributed by atoms with Gasteiger partial charge in [-0.25, -0.2) is 4.98 Å². The van der Waals surface area contributed by atoms with Gasteiger partial charge < -0.3 is 14.7 Å². The lowest BCUT2D eigenvalue weighted by Gasteiger charge is -2.26. The van der Waals surface area contributed by atoms with Gasteiger partial charge in [-0.15, -0.1) is 0 Å². The predicted molar refractivity (Wildman–Crippen MR) is 71.9 cm³/mol. The molecule has 4 heteroatoms. The predicted octanol–water partition coefficient (Wildman–Crippen LogP) is 1.81. The molecule has 0 aliphatic carbocycles. The van der Waals surface area contributed by atoms with Crippen LogP contribution >= 0.6 is 0 Å². The lowest BCUT2D eigenvalue weighted by atomic mass is 10.1. The molecule has 0 radical (unpaired) electrons. The summed E-state index contributed by atoms with van der Waals surface area (Å²) in [7, 11) is 0. The second-order valence-electron chi connectivity index (χ2n) is 5.02. The summed E-state index contributed by atoms with van der Waals surface area (Å²) in [5.41, 5.74) is 3.05. The van der Waals surface area contributed by atoms with E-state index in [1.807, 2.05) is 19.9 Å². The summed E-state index contributed by atoms with van der Waals surface area (Å²) in [6.07, 6.45) is 1.21. The topological polar surface area (TPSA) is 45.6 Å². The number of nitrogens with zero attached hydrogens (tertiary/aromatic N) is 2. The molecule has 4 nitrogen and oxygen atoms in total. The summed E-state index contributed by atoms with van der Waals surface area (Å²) in [6, 6.07) is 2.02. The minimum Gasteiger partial charge on any atom is -0.392 e. The van der Waals surface area contributed by atoms with E-state index in [0.717, 1.165) is 48.8 Å². The molecule has 0 bridgehead atoms. The number of aliphatic hydroxyl groups is 1. The fraction of sp³-hybridized carbons (Fsp3) is 0.643. The van der Waals surface area contributed by atoms with Crippen LogP contribution in [0.25, 0.3) is 0 Å². The zero-order chi connectivity index (χ0) is 13.1. The maximum atomic E-state index is 9.56. The summed E-state index contributed by atoms with van der Waals surface area (Å²) in [6.45, 7) is 8.73. The van der Waals surface area contributed by atoms with Crippen LogP contribution in [0, 0.1) is 13.8 Å². The molecule has 18 heavy (non-hydrogen) atoms. The van der Waals surface area contributed by atoms with Crippen LogP contribution in [-0.4, -0.2) is 35.9 Å². The highest BCUT2D eigenvalue weighted by atomic mass is 16.5. The largest absolute Gasteiger partial charge is 0.392 e. The maximum absolute atomic E-state index is 9.56. The average Bonchev–Trinajstić information content (AvgIpc) is 2.53. The second-order valence-corrected chi connectivity index (χ2v) is 5.02. The van der Waals surface area contributed by atoms with Crippen LogP contribution in [0.4, 0.5) is 5.82 Å². The number of hydrogen-bond donors (Lipinski definition) is 1. The van der Waals surface area contributed by atoms with E-state index in [0.29, 0.717) is 0 Å². The molecule has 0 spiro atoms. The third-order valence-corrected chi connectivity index (χ3v) is 3.36. The fourth-order valence-electron chi connectivity index (χ4n) is 2.49. The van der Waals surface area contributed by atoms with Gasteiger partial charge in [-0.1, -0.05) is 0 Å². The Hall–Kier alpha value is -1.13. The molecule has 0 amide bonds. The fourth-order valence-corrected chi connectivity index (χ4v) is 2.49. The Morgan fingerprint density at radius 1 is 1.50 bits per heavy atom. The van der Waals surface area contributed by atoms with Gasteiger partial charge in [0.1, 0.15) is 5.82 Å². The normalized spacial score (nSPS) is 20.9. The Morgan fingerprint density at radius 2 is 2.28 bits per heavy atom. The minimum atomic E-state index is 0.0418. The number of ether oxygens (including phenoxy) is 1. The van der Waals surface area contributed by atoms with Crippen molar-refractivity contribution in [1.82, 2.24) is 4.98 Å². The Labute approximate surface area is 109 Å². The molecule has 0 saturated carbocycles. The van der Waals surface area contributed by atoms with E-state index in [9.17, 15) is 5.11 Å². The first-order valence-electron chi connectivity index (χ1n) is 6.56. The van der Waals surface area contributed by atoms with Gasteiger partial charge in [0.25, 0.3) is 0 Å². The molecule has 1 unspecified atom stereocenters. The molecule has 1 aliphatic rings. The lowest BCUT2D eigenvalue weighted by Crippen LogP contribution is -2.32. The van der Waals surface area contributed by atoms with Crippen molar-refractivity contribution in [3.8, 4) is 0 Å². The third-order valence-electron chi connectivity index (χ3n) is 3.36. The van der Waals surface area contributed by atoms with E-state index in [1.54, 1.807) is 0 Å². The van der Waals surface area contributed by atoms with E-state index in [-0.39, 0.29) is 12.7 Å². The van der Waals surface area contributed by atoms with Crippen LogP contribution in [0.1, 0.15) is 30.2 Å². The van der Waals surface area contributed by atoms with Gasteiger partial charge in [0.2, 0.25) is 0 Å². The van der Waals surface area contributed by atoms with Crippen molar-refractivity contribution in [3.05, 3.63) is 22.9 Å². The average molecular weight is 250 g/mol. The van der Waals surface area contributed by atoms with Crippen molar-refractivity contribution in [2.24, 2.45) is 0 Å². The van der Waals surface area contributed by atoms with Crippen molar-refractivity contribution < 1.29 is 9.84 Å². The van der Waals surface area contributed by atoms with E-state index in [4.69, 9.17) is 4.74 Å². The first-order chi connectivity index (χ1) is 8.61. The summed E-state index contributed by atoms with van der Waals surface area (Å²) >= 11 is 0. The molecule has 100 valence electrons. The highest BCUT2D eigenvalue weighted by Gasteiger charge is 2.20. The number of hydrogen-bond acceptors (Lipinski definition) is 4. The van der Waals surface area contributed by atoms with Crippen LogP contribution in [0.3, 0.4) is 0 Å². The van der Waals surface area contributed by atoms with Crippen LogP contribution in [0.5, 0.6) is 0 Å². The van der Waals surface area contributed by atoms with Gasteiger partial charge in [0, 0.05) is 31.0 Å². The van der Waals surface area contributed by atoms with E-state index < -0.39 is 0 Å². The number of anilines is 1. The van der Waals surface area contributed by atoms with Crippen LogP contribution in [0.2, 0.25) is 0 Å². The van der Waals surface area contributed by atoms with Gasteiger partial charge in [-0.2, -0.15) is 0 Å². The highest BCUT2D eigenvalue weighted by Crippen LogP contribution is 2.24. The van der Waals surface area contributed by atoms with E-state index >= 15 is 0 Å². The quantitative estimate of drug-likeness (QED) is 0.869. The number of aryl methyl sites for hydroxylation is 2. The van der Waals surface area contributed by atoms with Crippen molar-refractivity contribution in [2.75, 3.05) is 24.6 Å². The van der Waals surface area contributed by atoms with Crippen molar-refractivity contribution in [3.63, 3.8) is 0 Å². The minimum absolute atomic E-state index is 0.0418. The molecule has 0 aromatic carbocycles. The number of pyridine rings is 1. The number of aliphatic hydroxyl groups excluding tert-OH is 1. The van der Waals surface area contributed by atoms with Gasteiger partial charge in [0.05, 0.1) is 12.7 Å². The second kappa shape index (κ2) is 5.67. The first-order valence-corrected chi connectivity index (χ1v) is 6.56. The third kappa shape index (κ3) is 2.82. The molecule has 1 saturated heterocycles. The molecule has 1 aromatic heterocycles. The lowest BCUT2D eigenvalue weighted by molar-refractivity contribution is 0.0820. The zero-order valence-corrected chi connectivity index (χ0v) is 11.4. The van der Waals surface area contributed by atoms with Gasteiger partial charge >= 0.3 is 0 Å². The molecular weight excluding hydrogens is 228 g/mol. The van der Waals surface area contributed by atoms with Crippen molar-refractivity contribution >= 4 is 5.82 Å². The standard InChI is InChI=1S/C14H22N2O2/c1-10-7-11(2)15-14(13(10)9-17)16-5-4-6-18-12(3)8-16/h7,12,17H,4-6,8-9H2,1-3H3. The number of aromatic nitrogens is 1. The van der Waals surface area contributed by atoms with Crippen LogP contribution in [-0.2, 0) is 11.3 Å². The molecule has 1 N–H and O–H groups in total. The highest BCUT2D eigenvalue weighted by molar-refractivity contribution is 5.51. The van der Waals surface area contributed by atoms with Crippen LogP contribution < -0.4 is 4.90 Å². The molecule has 1 atom stereocenters. The zero-order valence-electron chi connectivity index (χ0n) is 11.4. The van der Waals surface area contributed by atoms with Crippen molar-refractivity contribution in [1.29, 1.82) is 0 Å². The maximum Gasteiger partial charge on any atom is 0.134 e. The molecule has 1 fully saturated rings. The number of rotatable bonds is 2. The molecule has 1 aliphatic heterocycles. The Balaban J connectivity index is 2.35.